The molecule has 3 heterocycles. The van der Waals surface area contributed by atoms with E-state index < -0.39 is 5.95 Å². The van der Waals surface area contributed by atoms with Crippen molar-refractivity contribution in [2.24, 2.45) is 0 Å². The fraction of sp³-hybridized carbons (Fsp3) is 0.321. The number of likely N-dealkylation sites (tertiary alicyclic amines) is 1. The molecule has 1 saturated heterocycles. The molecular weight excluding hydrogens is 441 g/mol. The topological polar surface area (TPSA) is 81.1 Å². The van der Waals surface area contributed by atoms with E-state index in [4.69, 9.17) is 0 Å². The summed E-state index contributed by atoms with van der Waals surface area (Å²) in [6.07, 6.45) is 12.9. The van der Waals surface area contributed by atoms with Crippen molar-refractivity contribution in [3.63, 3.8) is 0 Å². The fourth-order valence-corrected chi connectivity index (χ4v) is 4.99. The van der Waals surface area contributed by atoms with Crippen LogP contribution in [0.1, 0.15) is 36.4 Å². The van der Waals surface area contributed by atoms with Crippen molar-refractivity contribution >= 4 is 23.9 Å². The molecule has 0 radical (unpaired) electrons. The smallest absolute Gasteiger partial charge is 0.228 e. The van der Waals surface area contributed by atoms with Crippen LogP contribution in [0.15, 0.2) is 54.1 Å². The first-order valence-corrected chi connectivity index (χ1v) is 12.1. The van der Waals surface area contributed by atoms with E-state index in [9.17, 15) is 14.4 Å². The predicted octanol–water partition coefficient (Wildman–Crippen LogP) is 2.48. The van der Waals surface area contributed by atoms with Gasteiger partial charge in [0.25, 0.3) is 0 Å². The van der Waals surface area contributed by atoms with Crippen LogP contribution in [0.3, 0.4) is 0 Å². The Labute approximate surface area is 204 Å². The SMILES string of the molecule is N#CC1=CC(c2cc(NC3CCN(C(=O)Cc4cccc(F)n4)CC3)c3c(c2)=CCNC=3)CC=C1. The van der Waals surface area contributed by atoms with E-state index in [1.54, 1.807) is 12.1 Å². The number of nitrogens with one attached hydrogen (secondary N) is 2. The summed E-state index contributed by atoms with van der Waals surface area (Å²) in [6, 6.07) is 11.5. The van der Waals surface area contributed by atoms with Crippen LogP contribution in [0.5, 0.6) is 0 Å². The zero-order valence-corrected chi connectivity index (χ0v) is 19.5. The molecule has 1 aromatic heterocycles. The number of nitriles is 1. The average Bonchev–Trinajstić information content (AvgIpc) is 2.89. The number of amides is 1. The van der Waals surface area contributed by atoms with E-state index in [0.717, 1.165) is 36.7 Å². The van der Waals surface area contributed by atoms with E-state index in [0.29, 0.717) is 24.4 Å². The van der Waals surface area contributed by atoms with Crippen molar-refractivity contribution in [3.8, 4) is 6.07 Å². The molecule has 5 rings (SSSR count). The molecule has 35 heavy (non-hydrogen) atoms. The maximum Gasteiger partial charge on any atom is 0.228 e. The van der Waals surface area contributed by atoms with E-state index in [2.05, 4.69) is 52.2 Å². The number of pyridine rings is 1. The minimum atomic E-state index is -0.559. The normalized spacial score (nSPS) is 19.4. The highest BCUT2D eigenvalue weighted by Gasteiger charge is 2.24. The molecule has 2 aliphatic heterocycles. The molecule has 1 amide bonds. The van der Waals surface area contributed by atoms with Gasteiger partial charge in [-0.15, -0.1) is 0 Å². The fourth-order valence-electron chi connectivity index (χ4n) is 4.99. The lowest BCUT2D eigenvalue weighted by Gasteiger charge is -2.33. The molecule has 0 bridgehead atoms. The van der Waals surface area contributed by atoms with Gasteiger partial charge in [-0.2, -0.15) is 9.65 Å². The molecule has 6 nitrogen and oxygen atoms in total. The number of carbonyl (C=O) groups is 1. The second kappa shape index (κ2) is 10.1. The molecule has 2 N–H and O–H groups in total. The minimum absolute atomic E-state index is 0.0153. The lowest BCUT2D eigenvalue weighted by atomic mass is 9.88. The summed E-state index contributed by atoms with van der Waals surface area (Å²) in [4.78, 5) is 18.4. The van der Waals surface area contributed by atoms with E-state index >= 15 is 0 Å². The molecule has 1 atom stereocenters. The Kier molecular flexibility index (Phi) is 6.62. The van der Waals surface area contributed by atoms with Gasteiger partial charge in [-0.1, -0.05) is 30.4 Å². The van der Waals surface area contributed by atoms with Crippen LogP contribution < -0.4 is 21.1 Å². The zero-order valence-electron chi connectivity index (χ0n) is 19.5. The Hall–Kier alpha value is -3.92. The van der Waals surface area contributed by atoms with Crippen molar-refractivity contribution in [1.29, 1.82) is 5.26 Å². The third kappa shape index (κ3) is 5.27. The first-order chi connectivity index (χ1) is 17.1. The second-order valence-electron chi connectivity index (χ2n) is 9.23. The summed E-state index contributed by atoms with van der Waals surface area (Å²) in [6.45, 7) is 2.10. The third-order valence-electron chi connectivity index (χ3n) is 6.86. The maximum atomic E-state index is 13.3. The van der Waals surface area contributed by atoms with Crippen LogP contribution >= 0.6 is 0 Å². The predicted molar refractivity (Wildman–Crippen MR) is 134 cm³/mol. The highest BCUT2D eigenvalue weighted by molar-refractivity contribution is 5.78. The first kappa shape index (κ1) is 22.9. The van der Waals surface area contributed by atoms with Gasteiger partial charge in [0, 0.05) is 54.3 Å². The molecule has 1 fully saturated rings. The molecule has 1 aromatic carbocycles. The lowest BCUT2D eigenvalue weighted by Crippen LogP contribution is -2.44. The van der Waals surface area contributed by atoms with E-state index in [-0.39, 0.29) is 24.3 Å². The molecule has 7 heteroatoms. The highest BCUT2D eigenvalue weighted by Crippen LogP contribution is 2.27. The summed E-state index contributed by atoms with van der Waals surface area (Å²) in [5.41, 5.74) is 3.45. The molecule has 2 aromatic rings. The van der Waals surface area contributed by atoms with Crippen molar-refractivity contribution in [1.82, 2.24) is 15.2 Å². The molecule has 0 spiro atoms. The van der Waals surface area contributed by atoms with Crippen LogP contribution in [0.25, 0.3) is 12.3 Å². The molecular formula is C28H28FN5O. The third-order valence-corrected chi connectivity index (χ3v) is 6.86. The van der Waals surface area contributed by atoms with Gasteiger partial charge in [0.05, 0.1) is 18.2 Å². The standard InChI is InChI=1S/C28H28FN5O/c29-27-6-2-5-24(33-27)16-28(35)34-11-8-23(9-12-34)32-26-15-22(14-21-7-10-31-18-25(21)26)20-4-1-3-19(13-20)17-30/h1-3,5-7,13-15,18,20,23,31-32H,4,8-12,16H2. The zero-order chi connectivity index (χ0) is 24.2. The van der Waals surface area contributed by atoms with Crippen molar-refractivity contribution in [2.45, 2.75) is 37.6 Å². The van der Waals surface area contributed by atoms with Gasteiger partial charge in [0.1, 0.15) is 0 Å². The molecule has 178 valence electrons. The monoisotopic (exact) mass is 469 g/mol. The van der Waals surface area contributed by atoms with Gasteiger partial charge < -0.3 is 15.5 Å². The molecule has 0 saturated carbocycles. The van der Waals surface area contributed by atoms with Gasteiger partial charge in [-0.25, -0.2) is 4.98 Å². The van der Waals surface area contributed by atoms with E-state index in [1.807, 2.05) is 17.1 Å². The summed E-state index contributed by atoms with van der Waals surface area (Å²) in [5, 5.41) is 18.7. The van der Waals surface area contributed by atoms with Crippen molar-refractivity contribution in [2.75, 3.05) is 25.0 Å². The number of benzene rings is 1. The first-order valence-electron chi connectivity index (χ1n) is 12.1. The Balaban J connectivity index is 1.28. The number of hydrogen-bond acceptors (Lipinski definition) is 5. The van der Waals surface area contributed by atoms with E-state index in [1.165, 1.54) is 16.8 Å². The van der Waals surface area contributed by atoms with Crippen molar-refractivity contribution in [3.05, 3.63) is 81.8 Å². The van der Waals surface area contributed by atoms with Gasteiger partial charge in [-0.3, -0.25) is 4.79 Å². The number of halogens is 1. The van der Waals surface area contributed by atoms with Gasteiger partial charge in [0.2, 0.25) is 11.9 Å². The summed E-state index contributed by atoms with van der Waals surface area (Å²) in [7, 11) is 0. The summed E-state index contributed by atoms with van der Waals surface area (Å²) in [5.74, 6) is -0.394. The average molecular weight is 470 g/mol. The summed E-state index contributed by atoms with van der Waals surface area (Å²) < 4.78 is 13.3. The molecule has 1 aliphatic carbocycles. The number of rotatable bonds is 5. The van der Waals surface area contributed by atoms with Gasteiger partial charge in [-0.05, 0) is 54.3 Å². The number of nitrogens with zero attached hydrogens (tertiary/aromatic N) is 3. The number of piperidine rings is 1. The van der Waals surface area contributed by atoms with Crippen LogP contribution in [-0.2, 0) is 11.2 Å². The summed E-state index contributed by atoms with van der Waals surface area (Å²) >= 11 is 0. The number of fused-ring (bicyclic) bond motifs is 1. The second-order valence-corrected chi connectivity index (χ2v) is 9.23. The van der Waals surface area contributed by atoms with Crippen LogP contribution in [-0.4, -0.2) is 41.5 Å². The Bertz CT molecular complexity index is 1350. The van der Waals surface area contributed by atoms with Gasteiger partial charge >= 0.3 is 0 Å². The lowest BCUT2D eigenvalue weighted by molar-refractivity contribution is -0.131. The Morgan fingerprint density at radius 3 is 2.94 bits per heavy atom. The number of hydrogen-bond donors (Lipinski definition) is 2. The largest absolute Gasteiger partial charge is 0.387 e. The van der Waals surface area contributed by atoms with Crippen LogP contribution in [0, 0.1) is 17.3 Å². The van der Waals surface area contributed by atoms with Crippen LogP contribution in [0.2, 0.25) is 0 Å². The number of carbonyl (C=O) groups excluding carboxylic acids is 1. The highest BCUT2D eigenvalue weighted by atomic mass is 19.1. The Morgan fingerprint density at radius 2 is 2.14 bits per heavy atom. The minimum Gasteiger partial charge on any atom is -0.387 e. The quantitative estimate of drug-likeness (QED) is 0.658. The maximum absolute atomic E-state index is 13.3. The number of allylic oxidation sites excluding steroid dienone is 4. The van der Waals surface area contributed by atoms with Crippen LogP contribution in [0.4, 0.5) is 10.1 Å². The van der Waals surface area contributed by atoms with Gasteiger partial charge in [0.15, 0.2) is 0 Å². The van der Waals surface area contributed by atoms with Crippen molar-refractivity contribution < 1.29 is 9.18 Å². The molecule has 1 unspecified atom stereocenters. The number of anilines is 1. The Morgan fingerprint density at radius 1 is 1.29 bits per heavy atom. The molecule has 3 aliphatic rings. The number of aromatic nitrogens is 1.